The highest BCUT2D eigenvalue weighted by atomic mass is 19.3. The fourth-order valence-electron chi connectivity index (χ4n) is 3.08. The number of benzene rings is 1. The van der Waals surface area contributed by atoms with E-state index >= 15 is 0 Å². The van der Waals surface area contributed by atoms with Gasteiger partial charge in [0.1, 0.15) is 11.4 Å². The first kappa shape index (κ1) is 20.4. The highest BCUT2D eigenvalue weighted by molar-refractivity contribution is 5.68. The third-order valence-electron chi connectivity index (χ3n) is 4.42. The molecule has 26 heavy (non-hydrogen) atoms. The molecule has 7 heteroatoms. The number of rotatable bonds is 6. The van der Waals surface area contributed by atoms with E-state index in [9.17, 15) is 13.6 Å². The number of hydrogen-bond donors (Lipinski definition) is 2. The molecule has 2 N–H and O–H groups in total. The van der Waals surface area contributed by atoms with Gasteiger partial charge in [-0.15, -0.1) is 0 Å². The number of alkyl halides is 2. The molecule has 1 aromatic carbocycles. The van der Waals surface area contributed by atoms with Crippen molar-refractivity contribution in [2.24, 2.45) is 5.92 Å². The van der Waals surface area contributed by atoms with Gasteiger partial charge in [-0.3, -0.25) is 0 Å². The van der Waals surface area contributed by atoms with Gasteiger partial charge >= 0.3 is 12.7 Å². The Morgan fingerprint density at radius 1 is 1.35 bits per heavy atom. The summed E-state index contributed by atoms with van der Waals surface area (Å²) in [5.41, 5.74) is 0.709. The standard InChI is InChI=1S/C19H27F2NO4/c1-11(22-18(24)26-19(2,3)4)15-6-5-13(9-16(15)25-17(20)21)14-7-12(8-14)10-23/h5-6,9,11-12,14,17,23H,7-8,10H2,1-4H3,(H,22,24)/t11-,12?,14?/m0/s1. The number of carbonyl (C=O) groups excluding carboxylic acids is 1. The van der Waals surface area contributed by atoms with Crippen molar-refractivity contribution in [3.05, 3.63) is 29.3 Å². The fourth-order valence-corrected chi connectivity index (χ4v) is 3.08. The van der Waals surface area contributed by atoms with Crippen molar-refractivity contribution >= 4 is 6.09 Å². The van der Waals surface area contributed by atoms with Gasteiger partial charge in [0.05, 0.1) is 6.04 Å². The predicted molar refractivity (Wildman–Crippen MR) is 93.4 cm³/mol. The normalized spacial score (nSPS) is 21.1. The average molecular weight is 371 g/mol. The topological polar surface area (TPSA) is 67.8 Å². The molecule has 1 aliphatic carbocycles. The molecule has 1 amide bonds. The molecule has 5 nitrogen and oxygen atoms in total. The summed E-state index contributed by atoms with van der Waals surface area (Å²) in [5, 5.41) is 11.8. The summed E-state index contributed by atoms with van der Waals surface area (Å²) in [7, 11) is 0. The van der Waals surface area contributed by atoms with Crippen LogP contribution in [0.3, 0.4) is 0 Å². The summed E-state index contributed by atoms with van der Waals surface area (Å²) >= 11 is 0. The maximum Gasteiger partial charge on any atom is 0.408 e. The SMILES string of the molecule is C[C@H](NC(=O)OC(C)(C)C)c1ccc(C2CC(CO)C2)cc1OC(F)F. The third kappa shape index (κ3) is 5.56. The zero-order valence-electron chi connectivity index (χ0n) is 15.6. The molecule has 0 heterocycles. The van der Waals surface area contributed by atoms with E-state index in [0.29, 0.717) is 5.56 Å². The highest BCUT2D eigenvalue weighted by Crippen LogP contribution is 2.43. The van der Waals surface area contributed by atoms with Crippen LogP contribution in [-0.2, 0) is 4.74 Å². The van der Waals surface area contributed by atoms with Gasteiger partial charge in [0.15, 0.2) is 0 Å². The first-order valence-corrected chi connectivity index (χ1v) is 8.78. The Morgan fingerprint density at radius 3 is 2.54 bits per heavy atom. The number of halogens is 2. The molecule has 0 saturated heterocycles. The summed E-state index contributed by atoms with van der Waals surface area (Å²) in [4.78, 5) is 11.9. The number of ether oxygens (including phenoxy) is 2. The number of alkyl carbamates (subject to hydrolysis) is 1. The van der Waals surface area contributed by atoms with Crippen LogP contribution in [0.15, 0.2) is 18.2 Å². The molecule has 0 spiro atoms. The van der Waals surface area contributed by atoms with Crippen molar-refractivity contribution < 1.29 is 28.2 Å². The summed E-state index contributed by atoms with van der Waals surface area (Å²) in [6, 6.07) is 4.60. The highest BCUT2D eigenvalue weighted by Gasteiger charge is 2.30. The van der Waals surface area contributed by atoms with Crippen molar-refractivity contribution in [1.82, 2.24) is 5.32 Å². The maximum absolute atomic E-state index is 12.8. The zero-order valence-corrected chi connectivity index (χ0v) is 15.6. The van der Waals surface area contributed by atoms with E-state index < -0.39 is 24.3 Å². The molecule has 1 fully saturated rings. The molecule has 2 rings (SSSR count). The summed E-state index contributed by atoms with van der Waals surface area (Å²) in [5.74, 6) is 0.552. The van der Waals surface area contributed by atoms with E-state index in [1.807, 2.05) is 6.07 Å². The van der Waals surface area contributed by atoms with Crippen LogP contribution >= 0.6 is 0 Å². The van der Waals surface area contributed by atoms with E-state index in [0.717, 1.165) is 18.4 Å². The van der Waals surface area contributed by atoms with Crippen molar-refractivity contribution in [2.45, 2.75) is 64.7 Å². The van der Waals surface area contributed by atoms with Crippen LogP contribution in [0.5, 0.6) is 5.75 Å². The monoisotopic (exact) mass is 371 g/mol. The van der Waals surface area contributed by atoms with Gasteiger partial charge in [-0.05, 0) is 64.0 Å². The molecule has 0 aromatic heterocycles. The first-order valence-electron chi connectivity index (χ1n) is 8.78. The van der Waals surface area contributed by atoms with Crippen LogP contribution in [0.1, 0.15) is 63.6 Å². The van der Waals surface area contributed by atoms with Crippen LogP contribution in [0.2, 0.25) is 0 Å². The minimum atomic E-state index is -2.95. The molecule has 0 unspecified atom stereocenters. The maximum atomic E-state index is 12.8. The lowest BCUT2D eigenvalue weighted by molar-refractivity contribution is -0.0507. The summed E-state index contributed by atoms with van der Waals surface area (Å²) < 4.78 is 35.5. The van der Waals surface area contributed by atoms with Crippen LogP contribution in [0, 0.1) is 5.92 Å². The second kappa shape index (κ2) is 8.20. The van der Waals surface area contributed by atoms with E-state index in [-0.39, 0.29) is 24.2 Å². The Morgan fingerprint density at radius 2 is 2.00 bits per heavy atom. The second-order valence-electron chi connectivity index (χ2n) is 7.76. The lowest BCUT2D eigenvalue weighted by atomic mass is 9.71. The van der Waals surface area contributed by atoms with Gasteiger partial charge in [-0.1, -0.05) is 12.1 Å². The number of hydrogen-bond acceptors (Lipinski definition) is 4. The minimum absolute atomic E-state index is 0.0495. The summed E-state index contributed by atoms with van der Waals surface area (Å²) in [6.07, 6.45) is 1.03. The van der Waals surface area contributed by atoms with Gasteiger partial charge in [0.2, 0.25) is 0 Å². The number of aliphatic hydroxyl groups is 1. The Labute approximate surface area is 152 Å². The van der Waals surface area contributed by atoms with E-state index in [2.05, 4.69) is 10.1 Å². The average Bonchev–Trinajstić information content (AvgIpc) is 2.43. The largest absolute Gasteiger partial charge is 0.444 e. The number of aliphatic hydroxyl groups excluding tert-OH is 1. The van der Waals surface area contributed by atoms with E-state index in [1.165, 1.54) is 0 Å². The summed E-state index contributed by atoms with van der Waals surface area (Å²) in [6.45, 7) is 4.11. The Balaban J connectivity index is 2.14. The van der Waals surface area contributed by atoms with Crippen molar-refractivity contribution in [3.63, 3.8) is 0 Å². The lowest BCUT2D eigenvalue weighted by Crippen LogP contribution is -2.34. The Hall–Kier alpha value is -1.89. The quantitative estimate of drug-likeness (QED) is 0.780. The molecule has 1 saturated carbocycles. The van der Waals surface area contributed by atoms with Gasteiger partial charge in [-0.2, -0.15) is 8.78 Å². The predicted octanol–water partition coefficient (Wildman–Crippen LogP) is 4.36. The van der Waals surface area contributed by atoms with Crippen LogP contribution < -0.4 is 10.1 Å². The van der Waals surface area contributed by atoms with Crippen molar-refractivity contribution in [2.75, 3.05) is 6.61 Å². The molecular formula is C19H27F2NO4. The minimum Gasteiger partial charge on any atom is -0.444 e. The Bertz CT molecular complexity index is 624. The van der Waals surface area contributed by atoms with Crippen LogP contribution in [0.25, 0.3) is 0 Å². The van der Waals surface area contributed by atoms with E-state index in [4.69, 9.17) is 9.84 Å². The van der Waals surface area contributed by atoms with E-state index in [1.54, 1.807) is 39.8 Å². The molecule has 1 atom stereocenters. The molecule has 146 valence electrons. The Kier molecular flexibility index (Phi) is 6.44. The number of carbonyl (C=O) groups is 1. The van der Waals surface area contributed by atoms with Gasteiger partial charge in [-0.25, -0.2) is 4.79 Å². The zero-order chi connectivity index (χ0) is 19.5. The fraction of sp³-hybridized carbons (Fsp3) is 0.632. The van der Waals surface area contributed by atoms with Gasteiger partial charge in [0.25, 0.3) is 0 Å². The number of amides is 1. The van der Waals surface area contributed by atoms with Crippen LogP contribution in [0.4, 0.5) is 13.6 Å². The molecule has 1 aromatic rings. The van der Waals surface area contributed by atoms with Crippen molar-refractivity contribution in [1.29, 1.82) is 0 Å². The molecule has 0 radical (unpaired) electrons. The first-order chi connectivity index (χ1) is 12.1. The lowest BCUT2D eigenvalue weighted by Gasteiger charge is -2.35. The molecule has 1 aliphatic rings. The van der Waals surface area contributed by atoms with Crippen molar-refractivity contribution in [3.8, 4) is 5.75 Å². The molecule has 0 bridgehead atoms. The van der Waals surface area contributed by atoms with Gasteiger partial charge < -0.3 is 19.9 Å². The molecule has 0 aliphatic heterocycles. The van der Waals surface area contributed by atoms with Crippen LogP contribution in [-0.4, -0.2) is 30.0 Å². The third-order valence-corrected chi connectivity index (χ3v) is 4.42. The smallest absolute Gasteiger partial charge is 0.408 e. The number of nitrogens with one attached hydrogen (secondary N) is 1. The molecular weight excluding hydrogens is 344 g/mol. The second-order valence-corrected chi connectivity index (χ2v) is 7.76. The van der Waals surface area contributed by atoms with Gasteiger partial charge in [0, 0.05) is 12.2 Å².